The quantitative estimate of drug-likeness (QED) is 0.154. The zero-order chi connectivity index (χ0) is 26.9. The van der Waals surface area contributed by atoms with Gasteiger partial charge in [-0.2, -0.15) is 0 Å². The molecule has 1 heterocycles. The molecule has 0 radical (unpaired) electrons. The van der Waals surface area contributed by atoms with E-state index in [1.165, 1.54) is 30.3 Å². The van der Waals surface area contributed by atoms with Gasteiger partial charge in [0.05, 0.1) is 20.1 Å². The lowest BCUT2D eigenvalue weighted by Gasteiger charge is -2.26. The number of nitro benzene ring substituents is 1. The van der Waals surface area contributed by atoms with Crippen molar-refractivity contribution in [1.29, 1.82) is 0 Å². The third kappa shape index (κ3) is 5.66. The van der Waals surface area contributed by atoms with Gasteiger partial charge in [0.15, 0.2) is 5.75 Å². The van der Waals surface area contributed by atoms with Crippen LogP contribution in [0.1, 0.15) is 16.7 Å². The molecule has 1 fully saturated rings. The number of imide groups is 2. The number of anilines is 1. The van der Waals surface area contributed by atoms with Crippen molar-refractivity contribution in [1.82, 2.24) is 5.32 Å². The highest BCUT2D eigenvalue weighted by Gasteiger charge is 2.37. The minimum atomic E-state index is -0.888. The molecular weight excluding hydrogens is 589 g/mol. The van der Waals surface area contributed by atoms with Crippen molar-refractivity contribution < 1.29 is 24.0 Å². The zero-order valence-electron chi connectivity index (χ0n) is 19.0. The number of amides is 4. The fraction of sp³-hybridized carbons (Fsp3) is 0.0800. The number of hydrogen-bond donors (Lipinski definition) is 1. The van der Waals surface area contributed by atoms with Gasteiger partial charge >= 0.3 is 6.03 Å². The van der Waals surface area contributed by atoms with Gasteiger partial charge in [0.1, 0.15) is 12.2 Å². The molecule has 37 heavy (non-hydrogen) atoms. The lowest BCUT2D eigenvalue weighted by molar-refractivity contribution is -0.384. The Morgan fingerprint density at radius 1 is 1.05 bits per heavy atom. The van der Waals surface area contributed by atoms with Crippen LogP contribution >= 0.6 is 39.1 Å². The molecule has 9 nitrogen and oxygen atoms in total. The normalized spacial score (nSPS) is 14.6. The van der Waals surface area contributed by atoms with E-state index < -0.39 is 22.8 Å². The van der Waals surface area contributed by atoms with Gasteiger partial charge in [-0.25, -0.2) is 9.69 Å². The molecule has 0 saturated carbocycles. The minimum Gasteiger partial charge on any atom is -0.486 e. The summed E-state index contributed by atoms with van der Waals surface area (Å²) in [7, 11) is 0. The van der Waals surface area contributed by atoms with Crippen LogP contribution in [0.25, 0.3) is 6.08 Å². The maximum atomic E-state index is 13.1. The van der Waals surface area contributed by atoms with Gasteiger partial charge in [-0.15, -0.1) is 0 Å². The number of halogens is 3. The first kappa shape index (κ1) is 26.3. The first-order valence-electron chi connectivity index (χ1n) is 10.6. The van der Waals surface area contributed by atoms with Crippen LogP contribution in [-0.4, -0.2) is 22.8 Å². The summed E-state index contributed by atoms with van der Waals surface area (Å²) in [5.74, 6) is -1.37. The molecular formula is C25H16BrCl2N3O6. The molecule has 0 aliphatic carbocycles. The fourth-order valence-corrected chi connectivity index (χ4v) is 4.61. The Kier molecular flexibility index (Phi) is 7.63. The van der Waals surface area contributed by atoms with Gasteiger partial charge in [-0.05, 0) is 82.0 Å². The second-order valence-electron chi connectivity index (χ2n) is 7.92. The van der Waals surface area contributed by atoms with Crippen LogP contribution < -0.4 is 15.0 Å². The summed E-state index contributed by atoms with van der Waals surface area (Å²) >= 11 is 15.9. The summed E-state index contributed by atoms with van der Waals surface area (Å²) in [6.07, 6.45) is 1.31. The first-order valence-corrected chi connectivity index (χ1v) is 12.1. The van der Waals surface area contributed by atoms with Gasteiger partial charge in [-0.3, -0.25) is 25.0 Å². The second-order valence-corrected chi connectivity index (χ2v) is 9.59. The monoisotopic (exact) mass is 603 g/mol. The molecule has 3 aromatic carbocycles. The molecule has 3 aromatic rings. The highest BCUT2D eigenvalue weighted by molar-refractivity contribution is 9.10. The Morgan fingerprint density at radius 2 is 1.76 bits per heavy atom. The molecule has 1 aliphatic heterocycles. The number of benzene rings is 3. The summed E-state index contributed by atoms with van der Waals surface area (Å²) in [5, 5.41) is 13.5. The van der Waals surface area contributed by atoms with E-state index >= 15 is 0 Å². The number of non-ortho nitro benzene ring substituents is 1. The van der Waals surface area contributed by atoms with Gasteiger partial charge in [0, 0.05) is 17.2 Å². The maximum Gasteiger partial charge on any atom is 0.335 e. The van der Waals surface area contributed by atoms with Gasteiger partial charge in [0.25, 0.3) is 17.5 Å². The lowest BCUT2D eigenvalue weighted by atomic mass is 10.1. The number of nitro groups is 1. The van der Waals surface area contributed by atoms with Crippen molar-refractivity contribution in [2.24, 2.45) is 0 Å². The topological polar surface area (TPSA) is 119 Å². The number of barbiturate groups is 1. The predicted molar refractivity (Wildman–Crippen MR) is 142 cm³/mol. The summed E-state index contributed by atoms with van der Waals surface area (Å²) in [6.45, 7) is 1.87. The molecule has 0 spiro atoms. The van der Waals surface area contributed by atoms with Crippen molar-refractivity contribution in [3.8, 4) is 5.75 Å². The standard InChI is InChI=1S/C25H16BrCl2N3O6/c1-13-2-5-17(11-20(13)27)30-24(33)18(23(32)29-25(30)34)8-15-9-19(26)22(21(28)10-15)37-12-14-3-6-16(7-4-14)31(35)36/h2-11H,12H2,1H3,(H,29,32,34)/b18-8-. The van der Waals surface area contributed by atoms with Gasteiger partial charge in [0.2, 0.25) is 0 Å². The Morgan fingerprint density at radius 3 is 2.38 bits per heavy atom. The van der Waals surface area contributed by atoms with E-state index in [1.54, 1.807) is 37.3 Å². The van der Waals surface area contributed by atoms with E-state index in [9.17, 15) is 24.5 Å². The van der Waals surface area contributed by atoms with Crippen molar-refractivity contribution >= 4 is 74.4 Å². The van der Waals surface area contributed by atoms with E-state index in [0.717, 1.165) is 10.5 Å². The van der Waals surface area contributed by atoms with Crippen LogP contribution in [-0.2, 0) is 16.2 Å². The number of nitrogens with zero attached hydrogens (tertiary/aromatic N) is 2. The smallest absolute Gasteiger partial charge is 0.335 e. The van der Waals surface area contributed by atoms with E-state index in [1.807, 2.05) is 0 Å². The van der Waals surface area contributed by atoms with Crippen molar-refractivity contribution in [2.45, 2.75) is 13.5 Å². The number of urea groups is 1. The molecule has 1 saturated heterocycles. The summed E-state index contributed by atoms with van der Waals surface area (Å²) in [5.41, 5.74) is 1.74. The van der Waals surface area contributed by atoms with E-state index in [0.29, 0.717) is 26.4 Å². The number of hydrogen-bond acceptors (Lipinski definition) is 6. The van der Waals surface area contributed by atoms with Crippen LogP contribution in [0, 0.1) is 17.0 Å². The second kappa shape index (κ2) is 10.7. The molecule has 1 aliphatic rings. The predicted octanol–water partition coefficient (Wildman–Crippen LogP) is 6.22. The van der Waals surface area contributed by atoms with Crippen LogP contribution in [0.2, 0.25) is 10.0 Å². The largest absolute Gasteiger partial charge is 0.486 e. The molecule has 0 atom stereocenters. The average Bonchev–Trinajstić information content (AvgIpc) is 2.83. The minimum absolute atomic E-state index is 0.0348. The lowest BCUT2D eigenvalue weighted by Crippen LogP contribution is -2.54. The Balaban J connectivity index is 1.58. The molecule has 1 N–H and O–H groups in total. The molecule has 0 bridgehead atoms. The zero-order valence-corrected chi connectivity index (χ0v) is 22.1. The average molecular weight is 605 g/mol. The summed E-state index contributed by atoms with van der Waals surface area (Å²) in [4.78, 5) is 49.2. The van der Waals surface area contributed by atoms with Crippen LogP contribution in [0.3, 0.4) is 0 Å². The fourth-order valence-electron chi connectivity index (χ4n) is 3.45. The van der Waals surface area contributed by atoms with Crippen molar-refractivity contribution in [3.05, 3.63) is 101 Å². The van der Waals surface area contributed by atoms with Crippen LogP contribution in [0.5, 0.6) is 5.75 Å². The molecule has 4 amide bonds. The molecule has 188 valence electrons. The molecule has 4 rings (SSSR count). The summed E-state index contributed by atoms with van der Waals surface area (Å²) in [6, 6.07) is 12.8. The van der Waals surface area contributed by atoms with Crippen LogP contribution in [0.15, 0.2) is 64.6 Å². The SMILES string of the molecule is Cc1ccc(N2C(=O)NC(=O)/C(=C/c3cc(Cl)c(OCc4ccc([N+](=O)[O-])cc4)c(Br)c3)C2=O)cc1Cl. The Labute approximate surface area is 228 Å². The number of rotatable bonds is 6. The molecule has 0 aromatic heterocycles. The van der Waals surface area contributed by atoms with E-state index in [2.05, 4.69) is 21.2 Å². The van der Waals surface area contributed by atoms with E-state index in [4.69, 9.17) is 27.9 Å². The number of aryl methyl sites for hydroxylation is 1. The van der Waals surface area contributed by atoms with Crippen LogP contribution in [0.4, 0.5) is 16.2 Å². The highest BCUT2D eigenvalue weighted by Crippen LogP contribution is 2.36. The van der Waals surface area contributed by atoms with Crippen molar-refractivity contribution in [3.63, 3.8) is 0 Å². The van der Waals surface area contributed by atoms with E-state index in [-0.39, 0.29) is 28.6 Å². The Hall–Kier alpha value is -3.73. The van der Waals surface area contributed by atoms with Crippen molar-refractivity contribution in [2.75, 3.05) is 4.90 Å². The highest BCUT2D eigenvalue weighted by atomic mass is 79.9. The molecule has 12 heteroatoms. The first-order chi connectivity index (χ1) is 17.5. The summed E-state index contributed by atoms with van der Waals surface area (Å²) < 4.78 is 6.21. The number of carbonyl (C=O) groups is 3. The molecule has 0 unspecified atom stereocenters. The number of ether oxygens (including phenoxy) is 1. The number of nitrogens with one attached hydrogen (secondary N) is 1. The Bertz CT molecular complexity index is 1470. The number of carbonyl (C=O) groups excluding carboxylic acids is 3. The third-order valence-electron chi connectivity index (χ3n) is 5.38. The van der Waals surface area contributed by atoms with Gasteiger partial charge < -0.3 is 4.74 Å². The maximum absolute atomic E-state index is 13.1. The third-order valence-corrected chi connectivity index (χ3v) is 6.65. The van der Waals surface area contributed by atoms with Gasteiger partial charge in [-0.1, -0.05) is 29.3 Å².